The van der Waals surface area contributed by atoms with Gasteiger partial charge in [0.2, 0.25) is 0 Å². The Morgan fingerprint density at radius 1 is 0.917 bits per heavy atom. The highest BCUT2D eigenvalue weighted by atomic mass is 28.4. The first-order valence-electron chi connectivity index (χ1n) is 12.2. The molecule has 8 heteroatoms. The van der Waals surface area contributed by atoms with Gasteiger partial charge < -0.3 is 24.7 Å². The summed E-state index contributed by atoms with van der Waals surface area (Å²) in [5.41, 5.74) is 4.49. The fourth-order valence-electron chi connectivity index (χ4n) is 4.23. The molecule has 2 aromatic carbocycles. The number of aromatic hydroxyl groups is 1. The number of hydrogen-bond acceptors (Lipinski definition) is 4. The Balaban J connectivity index is 1.62. The molecule has 0 fully saturated rings. The minimum absolute atomic E-state index is 0.0880. The zero-order chi connectivity index (χ0) is 25.7. The van der Waals surface area contributed by atoms with Gasteiger partial charge in [0.1, 0.15) is 0 Å². The maximum atomic E-state index is 13.5. The van der Waals surface area contributed by atoms with Crippen LogP contribution < -0.4 is 9.16 Å². The molecule has 0 amide bonds. The lowest BCUT2D eigenvalue weighted by Crippen LogP contribution is -2.46. The number of H-pyrrole nitrogens is 2. The average Bonchev–Trinajstić information content (AvgIpc) is 3.43. The molecule has 3 aromatic heterocycles. The predicted molar refractivity (Wildman–Crippen MR) is 145 cm³/mol. The van der Waals surface area contributed by atoms with Gasteiger partial charge in [-0.2, -0.15) is 0 Å². The van der Waals surface area contributed by atoms with Crippen LogP contribution >= 0.6 is 0 Å². The van der Waals surface area contributed by atoms with Gasteiger partial charge in [-0.1, -0.05) is 57.2 Å². The number of rotatable bonds is 6. The molecule has 0 bridgehead atoms. The summed E-state index contributed by atoms with van der Waals surface area (Å²) in [5, 5.41) is 26.5. The highest BCUT2D eigenvalue weighted by Gasteiger charge is 2.41. The van der Waals surface area contributed by atoms with Gasteiger partial charge in [-0.3, -0.25) is 0 Å². The quantitative estimate of drug-likeness (QED) is 0.152. The van der Waals surface area contributed by atoms with Gasteiger partial charge in [0.15, 0.2) is 5.69 Å². The lowest BCUT2D eigenvalue weighted by atomic mass is 10.1. The normalized spacial score (nSPS) is 12.5. The van der Waals surface area contributed by atoms with Crippen LogP contribution in [-0.2, 0) is 12.8 Å². The second-order valence-corrected chi connectivity index (χ2v) is 15.6. The van der Waals surface area contributed by atoms with E-state index in [0.29, 0.717) is 28.4 Å². The third kappa shape index (κ3) is 4.22. The fourth-order valence-corrected chi connectivity index (χ4v) is 5.18. The van der Waals surface area contributed by atoms with Gasteiger partial charge in [-0.15, -0.1) is 4.73 Å². The van der Waals surface area contributed by atoms with Crippen LogP contribution in [0.4, 0.5) is 0 Å². The van der Waals surface area contributed by atoms with Crippen LogP contribution in [0, 0.1) is 5.21 Å². The Morgan fingerprint density at radius 2 is 1.44 bits per heavy atom. The van der Waals surface area contributed by atoms with Crippen LogP contribution in [0.3, 0.4) is 0 Å². The van der Waals surface area contributed by atoms with Gasteiger partial charge >= 0.3 is 5.88 Å². The van der Waals surface area contributed by atoms with E-state index in [9.17, 15) is 10.3 Å². The lowest BCUT2D eigenvalue weighted by molar-refractivity contribution is -0.622. The summed E-state index contributed by atoms with van der Waals surface area (Å²) in [6.07, 6.45) is 4.39. The van der Waals surface area contributed by atoms with Gasteiger partial charge in [0.05, 0.1) is 6.42 Å². The number of aromatic nitrogens is 4. The zero-order valence-electron chi connectivity index (χ0n) is 21.3. The van der Waals surface area contributed by atoms with E-state index in [4.69, 9.17) is 9.41 Å². The Hall–Kier alpha value is -3.78. The monoisotopic (exact) mass is 500 g/mol. The van der Waals surface area contributed by atoms with Crippen LogP contribution in [-0.4, -0.2) is 28.4 Å². The minimum Gasteiger partial charge on any atom is -0.616 e. The molecule has 0 aliphatic carbocycles. The van der Waals surface area contributed by atoms with Crippen molar-refractivity contribution in [2.75, 3.05) is 0 Å². The van der Waals surface area contributed by atoms with E-state index in [-0.39, 0.29) is 11.5 Å². The number of fused-ring (bicyclic) bond motifs is 2. The second-order valence-electron chi connectivity index (χ2n) is 10.9. The van der Waals surface area contributed by atoms with Crippen molar-refractivity contribution in [1.29, 1.82) is 0 Å². The highest BCUT2D eigenvalue weighted by molar-refractivity contribution is 6.74. The smallest absolute Gasteiger partial charge is 0.400 e. The van der Waals surface area contributed by atoms with E-state index >= 15 is 0 Å². The van der Waals surface area contributed by atoms with Crippen molar-refractivity contribution in [2.24, 2.45) is 0 Å². The minimum atomic E-state index is -2.33. The number of aromatic amines is 2. The Labute approximate surface area is 211 Å². The first-order valence-corrected chi connectivity index (χ1v) is 15.1. The summed E-state index contributed by atoms with van der Waals surface area (Å²) < 4.78 is 7.22. The van der Waals surface area contributed by atoms with Gasteiger partial charge in [0.25, 0.3) is 19.9 Å². The Kier molecular flexibility index (Phi) is 5.79. The van der Waals surface area contributed by atoms with Crippen molar-refractivity contribution in [1.82, 2.24) is 15.0 Å². The molecule has 186 valence electrons. The summed E-state index contributed by atoms with van der Waals surface area (Å²) in [7, 11) is -2.33. The number of hydrogen-bond donors (Lipinski definition) is 3. The van der Waals surface area contributed by atoms with Crippen LogP contribution in [0.25, 0.3) is 21.8 Å². The molecule has 0 saturated carbocycles. The van der Waals surface area contributed by atoms with Crippen molar-refractivity contribution < 1.29 is 14.3 Å². The molecule has 7 nitrogen and oxygen atoms in total. The first-order chi connectivity index (χ1) is 17.0. The highest BCUT2D eigenvalue weighted by Crippen LogP contribution is 2.38. The van der Waals surface area contributed by atoms with Crippen molar-refractivity contribution in [2.45, 2.75) is 51.7 Å². The van der Waals surface area contributed by atoms with Gasteiger partial charge in [0, 0.05) is 40.6 Å². The molecule has 0 aliphatic heterocycles. The van der Waals surface area contributed by atoms with Crippen molar-refractivity contribution in [3.8, 4) is 11.8 Å². The third-order valence-corrected chi connectivity index (χ3v) is 11.7. The van der Waals surface area contributed by atoms with E-state index in [1.54, 1.807) is 0 Å². The van der Waals surface area contributed by atoms with E-state index < -0.39 is 14.2 Å². The molecule has 0 spiro atoms. The van der Waals surface area contributed by atoms with E-state index in [1.807, 2.05) is 60.9 Å². The Bertz CT molecular complexity index is 1560. The lowest BCUT2D eigenvalue weighted by Gasteiger charge is -2.36. The maximum absolute atomic E-state index is 13.5. The summed E-state index contributed by atoms with van der Waals surface area (Å²) in [6.45, 7) is 10.7. The van der Waals surface area contributed by atoms with Crippen molar-refractivity contribution in [3.63, 3.8) is 0 Å². The number of nitrogens with one attached hydrogen (secondary N) is 2. The molecule has 0 aliphatic rings. The summed E-state index contributed by atoms with van der Waals surface area (Å²) in [4.78, 5) is 11.3. The molecular formula is C28H32N4O3Si. The summed E-state index contributed by atoms with van der Waals surface area (Å²) in [5.74, 6) is -0.0905. The van der Waals surface area contributed by atoms with Gasteiger partial charge in [-0.05, 0) is 41.4 Å². The average molecular weight is 501 g/mol. The molecule has 36 heavy (non-hydrogen) atoms. The molecule has 0 atom stereocenters. The van der Waals surface area contributed by atoms with Crippen molar-refractivity contribution >= 4 is 30.1 Å². The van der Waals surface area contributed by atoms with Crippen LogP contribution in [0.5, 0.6) is 11.8 Å². The standard InChI is InChI=1S/C28H32N4O3Si/c1-28(2,3)36(4,5)35-26-25(15-19-17-30-23-13-9-7-11-21(19)23)32(34)27(33)24(31-26)14-18-16-29-22-12-8-6-10-20(18)22/h6-13,16-17,29-30,33H,14-15H2,1-5H3. The van der Waals surface area contributed by atoms with Gasteiger partial charge in [-0.25, -0.2) is 4.98 Å². The topological polar surface area (TPSA) is 101 Å². The largest absolute Gasteiger partial charge is 0.616 e. The molecule has 0 unspecified atom stereocenters. The summed E-state index contributed by atoms with van der Waals surface area (Å²) in [6, 6.07) is 15.9. The first kappa shape index (κ1) is 23.9. The zero-order valence-corrected chi connectivity index (χ0v) is 22.3. The molecule has 5 rings (SSSR count). The number of benzene rings is 2. The molecular weight excluding hydrogens is 468 g/mol. The number of nitrogens with zero attached hydrogens (tertiary/aromatic N) is 2. The second kappa shape index (κ2) is 8.71. The predicted octanol–water partition coefficient (Wildman–Crippen LogP) is 5.95. The van der Waals surface area contributed by atoms with Crippen molar-refractivity contribution in [3.05, 3.63) is 88.6 Å². The molecule has 0 radical (unpaired) electrons. The fraction of sp³-hybridized carbons (Fsp3) is 0.286. The molecule has 0 saturated heterocycles. The molecule has 3 heterocycles. The Morgan fingerprint density at radius 3 is 2.00 bits per heavy atom. The molecule has 5 aromatic rings. The van der Waals surface area contributed by atoms with E-state index in [2.05, 4.69) is 43.8 Å². The maximum Gasteiger partial charge on any atom is 0.400 e. The number of para-hydroxylation sites is 2. The van der Waals surface area contributed by atoms with Crippen LogP contribution in [0.15, 0.2) is 60.9 Å². The van der Waals surface area contributed by atoms with Crippen LogP contribution in [0.2, 0.25) is 18.1 Å². The van der Waals surface area contributed by atoms with E-state index in [1.165, 1.54) is 0 Å². The summed E-state index contributed by atoms with van der Waals surface area (Å²) >= 11 is 0. The third-order valence-electron chi connectivity index (χ3n) is 7.40. The van der Waals surface area contributed by atoms with E-state index in [0.717, 1.165) is 32.9 Å². The molecule has 3 N–H and O–H groups in total. The SMILES string of the molecule is CC(C)(C)[Si](C)(C)Oc1nc(Cc2c[nH]c3ccccc23)c(O)[n+]([O-])c1Cc1c[nH]c2ccccc12. The van der Waals surface area contributed by atoms with Crippen LogP contribution in [0.1, 0.15) is 43.3 Å².